The molecule has 0 aliphatic carbocycles. The summed E-state index contributed by atoms with van der Waals surface area (Å²) in [7, 11) is -3.23. The Morgan fingerprint density at radius 3 is 2.26 bits per heavy atom. The third-order valence-corrected chi connectivity index (χ3v) is 5.64. The largest absolute Gasteiger partial charge is 0.346 e. The molecule has 0 aliphatic rings. The molecule has 0 aliphatic heterocycles. The van der Waals surface area contributed by atoms with Gasteiger partial charge < -0.3 is 9.88 Å². The zero-order chi connectivity index (χ0) is 19.6. The Labute approximate surface area is 159 Å². The molecule has 27 heavy (non-hydrogen) atoms. The topological polar surface area (TPSA) is 68.2 Å². The van der Waals surface area contributed by atoms with Crippen LogP contribution in [0.15, 0.2) is 71.9 Å². The molecule has 1 aromatic heterocycles. The summed E-state index contributed by atoms with van der Waals surface area (Å²) >= 11 is 0. The van der Waals surface area contributed by atoms with Gasteiger partial charge in [0, 0.05) is 29.9 Å². The van der Waals surface area contributed by atoms with Gasteiger partial charge in [0.15, 0.2) is 9.84 Å². The van der Waals surface area contributed by atoms with Crippen molar-refractivity contribution in [1.29, 1.82) is 0 Å². The first kappa shape index (κ1) is 18.9. The summed E-state index contributed by atoms with van der Waals surface area (Å²) in [5.74, 6) is -0.178. The Morgan fingerprint density at radius 2 is 1.67 bits per heavy atom. The van der Waals surface area contributed by atoms with Crippen LogP contribution in [0.1, 0.15) is 34.5 Å². The Kier molecular flexibility index (Phi) is 5.19. The highest BCUT2D eigenvalue weighted by Crippen LogP contribution is 2.19. The summed E-state index contributed by atoms with van der Waals surface area (Å²) < 4.78 is 25.1. The zero-order valence-electron chi connectivity index (χ0n) is 15.5. The van der Waals surface area contributed by atoms with Crippen LogP contribution in [-0.4, -0.2) is 25.1 Å². The molecule has 0 spiro atoms. The van der Waals surface area contributed by atoms with Crippen LogP contribution in [0, 0.1) is 6.92 Å². The quantitative estimate of drug-likeness (QED) is 0.732. The molecule has 1 amide bonds. The molecule has 0 bridgehead atoms. The predicted octanol–water partition coefficient (Wildman–Crippen LogP) is 3.68. The van der Waals surface area contributed by atoms with Gasteiger partial charge in [0.25, 0.3) is 5.91 Å². The Hall–Kier alpha value is -2.86. The molecule has 0 saturated carbocycles. The molecule has 0 radical (unpaired) electrons. The van der Waals surface area contributed by atoms with E-state index in [9.17, 15) is 13.2 Å². The highest BCUT2D eigenvalue weighted by molar-refractivity contribution is 7.90. The molecule has 140 valence electrons. The van der Waals surface area contributed by atoms with E-state index < -0.39 is 9.84 Å². The molecule has 1 heterocycles. The van der Waals surface area contributed by atoms with Gasteiger partial charge in [0.1, 0.15) is 0 Å². The molecular formula is C21H22N2O3S. The van der Waals surface area contributed by atoms with Crippen LogP contribution >= 0.6 is 0 Å². The van der Waals surface area contributed by atoms with Crippen molar-refractivity contribution in [3.05, 3.63) is 83.7 Å². The second kappa shape index (κ2) is 7.40. The predicted molar refractivity (Wildman–Crippen MR) is 106 cm³/mol. The number of benzene rings is 2. The fourth-order valence-electron chi connectivity index (χ4n) is 2.89. The lowest BCUT2D eigenvalue weighted by molar-refractivity contribution is 0.0940. The standard InChI is InChI=1S/C21H22N2O3S/c1-15-6-7-18(14-20(15)23-12-4-5-13-23)21(24)22-16(2)17-8-10-19(11-9-17)27(3,25)26/h4-14,16H,1-3H3,(H,22,24). The van der Waals surface area contributed by atoms with Gasteiger partial charge >= 0.3 is 0 Å². The van der Waals surface area contributed by atoms with E-state index >= 15 is 0 Å². The minimum atomic E-state index is -3.23. The number of amides is 1. The van der Waals surface area contributed by atoms with Gasteiger partial charge in [-0.25, -0.2) is 8.42 Å². The summed E-state index contributed by atoms with van der Waals surface area (Å²) in [5, 5.41) is 2.96. The molecule has 0 saturated heterocycles. The van der Waals surface area contributed by atoms with E-state index in [-0.39, 0.29) is 16.8 Å². The van der Waals surface area contributed by atoms with E-state index in [1.54, 1.807) is 30.3 Å². The molecule has 5 nitrogen and oxygen atoms in total. The number of carbonyl (C=O) groups excluding carboxylic acids is 1. The first-order chi connectivity index (χ1) is 12.8. The molecule has 2 aromatic carbocycles. The van der Waals surface area contributed by atoms with Crippen molar-refractivity contribution in [3.63, 3.8) is 0 Å². The van der Waals surface area contributed by atoms with E-state index in [2.05, 4.69) is 5.32 Å². The van der Waals surface area contributed by atoms with Crippen LogP contribution in [0.3, 0.4) is 0 Å². The number of hydrogen-bond donors (Lipinski definition) is 1. The molecule has 0 fully saturated rings. The number of aromatic nitrogens is 1. The fourth-order valence-corrected chi connectivity index (χ4v) is 3.52. The van der Waals surface area contributed by atoms with Crippen molar-refractivity contribution in [2.75, 3.05) is 6.26 Å². The number of carbonyl (C=O) groups is 1. The highest BCUT2D eigenvalue weighted by Gasteiger charge is 2.14. The second-order valence-corrected chi connectivity index (χ2v) is 8.64. The molecule has 1 N–H and O–H groups in total. The van der Waals surface area contributed by atoms with Gasteiger partial charge in [-0.05, 0) is 61.4 Å². The smallest absolute Gasteiger partial charge is 0.251 e. The molecule has 6 heteroatoms. The number of aryl methyl sites for hydroxylation is 1. The lowest BCUT2D eigenvalue weighted by Gasteiger charge is -2.16. The van der Waals surface area contributed by atoms with Crippen molar-refractivity contribution >= 4 is 15.7 Å². The van der Waals surface area contributed by atoms with Gasteiger partial charge in [0.05, 0.1) is 10.9 Å². The van der Waals surface area contributed by atoms with Crippen LogP contribution < -0.4 is 5.32 Å². The maximum absolute atomic E-state index is 12.7. The second-order valence-electron chi connectivity index (χ2n) is 6.63. The minimum absolute atomic E-state index is 0.178. The molecule has 1 unspecified atom stereocenters. The van der Waals surface area contributed by atoms with E-state index in [4.69, 9.17) is 0 Å². The molecular weight excluding hydrogens is 360 g/mol. The van der Waals surface area contributed by atoms with Crippen molar-refractivity contribution in [3.8, 4) is 5.69 Å². The van der Waals surface area contributed by atoms with Crippen molar-refractivity contribution in [2.45, 2.75) is 24.8 Å². The molecule has 1 atom stereocenters. The fraction of sp³-hybridized carbons (Fsp3) is 0.190. The maximum atomic E-state index is 12.7. The Balaban J connectivity index is 1.78. The minimum Gasteiger partial charge on any atom is -0.346 e. The number of hydrogen-bond acceptors (Lipinski definition) is 3. The van der Waals surface area contributed by atoms with E-state index in [0.717, 1.165) is 16.8 Å². The van der Waals surface area contributed by atoms with Crippen molar-refractivity contribution in [1.82, 2.24) is 9.88 Å². The third kappa shape index (κ3) is 4.28. The molecule has 3 aromatic rings. The summed E-state index contributed by atoms with van der Waals surface area (Å²) in [5.41, 5.74) is 3.45. The van der Waals surface area contributed by atoms with Crippen LogP contribution in [0.5, 0.6) is 0 Å². The van der Waals surface area contributed by atoms with Crippen molar-refractivity contribution < 1.29 is 13.2 Å². The Morgan fingerprint density at radius 1 is 1.04 bits per heavy atom. The van der Waals surface area contributed by atoms with Crippen molar-refractivity contribution in [2.24, 2.45) is 0 Å². The van der Waals surface area contributed by atoms with E-state index in [0.29, 0.717) is 5.56 Å². The zero-order valence-corrected chi connectivity index (χ0v) is 16.3. The Bertz CT molecular complexity index is 1050. The lowest BCUT2D eigenvalue weighted by atomic mass is 10.1. The monoisotopic (exact) mass is 382 g/mol. The van der Waals surface area contributed by atoms with Crippen LogP contribution in [0.25, 0.3) is 5.69 Å². The summed E-state index contributed by atoms with van der Waals surface area (Å²) in [6, 6.07) is 15.8. The third-order valence-electron chi connectivity index (χ3n) is 4.51. The maximum Gasteiger partial charge on any atom is 0.251 e. The summed E-state index contributed by atoms with van der Waals surface area (Å²) in [6.45, 7) is 3.87. The first-order valence-corrected chi connectivity index (χ1v) is 10.5. The van der Waals surface area contributed by atoms with Gasteiger partial charge in [-0.3, -0.25) is 4.79 Å². The average Bonchev–Trinajstić information content (AvgIpc) is 3.15. The highest BCUT2D eigenvalue weighted by atomic mass is 32.2. The van der Waals surface area contributed by atoms with Gasteiger partial charge in [-0.1, -0.05) is 18.2 Å². The first-order valence-electron chi connectivity index (χ1n) is 8.60. The average molecular weight is 382 g/mol. The SMILES string of the molecule is Cc1ccc(C(=O)NC(C)c2ccc(S(C)(=O)=O)cc2)cc1-n1cccc1. The van der Waals surface area contributed by atoms with Crippen LogP contribution in [-0.2, 0) is 9.84 Å². The van der Waals surface area contributed by atoms with Gasteiger partial charge in [-0.15, -0.1) is 0 Å². The summed E-state index contributed by atoms with van der Waals surface area (Å²) in [4.78, 5) is 12.9. The normalized spacial score (nSPS) is 12.6. The number of nitrogens with one attached hydrogen (secondary N) is 1. The summed E-state index contributed by atoms with van der Waals surface area (Å²) in [6.07, 6.45) is 5.05. The number of nitrogens with zero attached hydrogens (tertiary/aromatic N) is 1. The number of sulfone groups is 1. The lowest BCUT2D eigenvalue weighted by Crippen LogP contribution is -2.26. The van der Waals surface area contributed by atoms with E-state index in [1.807, 2.05) is 55.1 Å². The number of rotatable bonds is 5. The van der Waals surface area contributed by atoms with Crippen LogP contribution in [0.4, 0.5) is 0 Å². The van der Waals surface area contributed by atoms with Gasteiger partial charge in [0.2, 0.25) is 0 Å². The van der Waals surface area contributed by atoms with Crippen LogP contribution in [0.2, 0.25) is 0 Å². The molecule has 3 rings (SSSR count). The van der Waals surface area contributed by atoms with E-state index in [1.165, 1.54) is 6.26 Å². The van der Waals surface area contributed by atoms with Gasteiger partial charge in [-0.2, -0.15) is 0 Å².